The molecule has 146 valence electrons. The lowest BCUT2D eigenvalue weighted by atomic mass is 9.88. The predicted octanol–water partition coefficient (Wildman–Crippen LogP) is 3.58. The van der Waals surface area contributed by atoms with Gasteiger partial charge in [-0.15, -0.1) is 11.3 Å². The van der Waals surface area contributed by atoms with Crippen molar-refractivity contribution in [2.24, 2.45) is 16.6 Å². The zero-order valence-corrected chi connectivity index (χ0v) is 17.0. The number of aliphatic imine (C=N–C) groups is 1. The van der Waals surface area contributed by atoms with Gasteiger partial charge in [0.15, 0.2) is 17.5 Å². The summed E-state index contributed by atoms with van der Waals surface area (Å²) in [6.45, 7) is 1.83. The summed E-state index contributed by atoms with van der Waals surface area (Å²) < 4.78 is 10.6. The Hall–Kier alpha value is -2.25. The SMILES string of the molecule is COc1ccc(NC(N)=NCC2CCCN(C)C2c2cccs2)cc1OC. The van der Waals surface area contributed by atoms with Gasteiger partial charge in [0.25, 0.3) is 0 Å². The van der Waals surface area contributed by atoms with Gasteiger partial charge in [-0.05, 0) is 55.9 Å². The number of piperidine rings is 1. The van der Waals surface area contributed by atoms with Crippen LogP contribution in [0.15, 0.2) is 40.7 Å². The Balaban J connectivity index is 1.67. The Labute approximate surface area is 165 Å². The van der Waals surface area contributed by atoms with Crippen LogP contribution in [0.5, 0.6) is 11.5 Å². The number of likely N-dealkylation sites (tertiary alicyclic amines) is 1. The van der Waals surface area contributed by atoms with Crippen molar-refractivity contribution in [3.63, 3.8) is 0 Å². The standard InChI is InChI=1S/C20H28N4O2S/c1-24-10-4-6-14(19(24)18-7-5-11-27-18)13-22-20(21)23-15-8-9-16(25-2)17(12-15)26-3/h5,7-9,11-12,14,19H,4,6,10,13H2,1-3H3,(H3,21,22,23). The Morgan fingerprint density at radius 3 is 2.81 bits per heavy atom. The molecule has 1 saturated heterocycles. The number of thiophene rings is 1. The summed E-state index contributed by atoms with van der Waals surface area (Å²) in [5.74, 6) is 2.22. The molecule has 7 heteroatoms. The molecule has 1 aliphatic rings. The third-order valence-electron chi connectivity index (χ3n) is 4.99. The van der Waals surface area contributed by atoms with E-state index < -0.39 is 0 Å². The van der Waals surface area contributed by atoms with Gasteiger partial charge in [-0.3, -0.25) is 9.89 Å². The van der Waals surface area contributed by atoms with Crippen molar-refractivity contribution in [1.29, 1.82) is 0 Å². The van der Waals surface area contributed by atoms with Crippen LogP contribution in [-0.4, -0.2) is 45.2 Å². The second-order valence-electron chi connectivity index (χ2n) is 6.76. The number of anilines is 1. The fraction of sp³-hybridized carbons (Fsp3) is 0.450. The Morgan fingerprint density at radius 1 is 1.30 bits per heavy atom. The van der Waals surface area contributed by atoms with Crippen LogP contribution < -0.4 is 20.5 Å². The number of hydrogen-bond acceptors (Lipinski definition) is 5. The number of nitrogens with zero attached hydrogens (tertiary/aromatic N) is 2. The van der Waals surface area contributed by atoms with Crippen LogP contribution in [0, 0.1) is 5.92 Å². The lowest BCUT2D eigenvalue weighted by Crippen LogP contribution is -2.37. The fourth-order valence-electron chi connectivity index (χ4n) is 3.68. The molecule has 0 spiro atoms. The molecule has 1 fully saturated rings. The summed E-state index contributed by atoms with van der Waals surface area (Å²) in [4.78, 5) is 8.47. The third kappa shape index (κ3) is 4.73. The van der Waals surface area contributed by atoms with Crippen LogP contribution >= 0.6 is 11.3 Å². The van der Waals surface area contributed by atoms with Gasteiger partial charge in [-0.2, -0.15) is 0 Å². The van der Waals surface area contributed by atoms with Crippen LogP contribution in [0.4, 0.5) is 5.69 Å². The highest BCUT2D eigenvalue weighted by molar-refractivity contribution is 7.10. The molecule has 0 saturated carbocycles. The molecular weight excluding hydrogens is 360 g/mol. The van der Waals surface area contributed by atoms with Crippen molar-refractivity contribution in [1.82, 2.24) is 4.90 Å². The normalized spacial score (nSPS) is 21.1. The average Bonchev–Trinajstić information content (AvgIpc) is 3.20. The number of rotatable bonds is 6. The van der Waals surface area contributed by atoms with Gasteiger partial charge in [-0.1, -0.05) is 6.07 Å². The highest BCUT2D eigenvalue weighted by Gasteiger charge is 2.30. The first-order valence-electron chi connectivity index (χ1n) is 9.15. The second-order valence-corrected chi connectivity index (χ2v) is 7.74. The van der Waals surface area contributed by atoms with E-state index >= 15 is 0 Å². The first-order valence-corrected chi connectivity index (χ1v) is 10.0. The fourth-order valence-corrected chi connectivity index (χ4v) is 4.66. The lowest BCUT2D eigenvalue weighted by molar-refractivity contribution is 0.128. The quantitative estimate of drug-likeness (QED) is 0.585. The minimum absolute atomic E-state index is 0.413. The van der Waals surface area contributed by atoms with Crippen LogP contribution in [0.25, 0.3) is 0 Å². The highest BCUT2D eigenvalue weighted by Crippen LogP contribution is 2.37. The molecule has 1 aromatic carbocycles. The van der Waals surface area contributed by atoms with E-state index in [-0.39, 0.29) is 0 Å². The number of nitrogens with two attached hydrogens (primary N) is 1. The summed E-state index contributed by atoms with van der Waals surface area (Å²) in [5.41, 5.74) is 6.96. The van der Waals surface area contributed by atoms with Crippen molar-refractivity contribution < 1.29 is 9.47 Å². The summed E-state index contributed by atoms with van der Waals surface area (Å²) in [6, 6.07) is 10.3. The molecule has 1 aliphatic heterocycles. The van der Waals surface area contributed by atoms with Gasteiger partial charge >= 0.3 is 0 Å². The number of benzene rings is 1. The number of guanidine groups is 1. The summed E-state index contributed by atoms with van der Waals surface area (Å²) in [6.07, 6.45) is 2.36. The van der Waals surface area contributed by atoms with Crippen LogP contribution in [0.2, 0.25) is 0 Å². The minimum atomic E-state index is 0.413. The molecule has 1 aromatic heterocycles. The number of methoxy groups -OCH3 is 2. The first-order chi connectivity index (χ1) is 13.1. The van der Waals surface area contributed by atoms with Crippen molar-refractivity contribution in [2.45, 2.75) is 18.9 Å². The zero-order valence-electron chi connectivity index (χ0n) is 16.1. The molecule has 3 N–H and O–H groups in total. The van der Waals surface area contributed by atoms with Gasteiger partial charge in [-0.25, -0.2) is 0 Å². The van der Waals surface area contributed by atoms with Crippen molar-refractivity contribution in [3.8, 4) is 11.5 Å². The van der Waals surface area contributed by atoms with E-state index in [0.717, 1.165) is 12.2 Å². The van der Waals surface area contributed by atoms with Crippen molar-refractivity contribution >= 4 is 23.0 Å². The van der Waals surface area contributed by atoms with E-state index in [4.69, 9.17) is 15.2 Å². The molecule has 27 heavy (non-hydrogen) atoms. The number of nitrogens with one attached hydrogen (secondary N) is 1. The summed E-state index contributed by atoms with van der Waals surface area (Å²) >= 11 is 1.82. The summed E-state index contributed by atoms with van der Waals surface area (Å²) in [7, 11) is 5.43. The average molecular weight is 389 g/mol. The van der Waals surface area contributed by atoms with E-state index in [9.17, 15) is 0 Å². The predicted molar refractivity (Wildman–Crippen MR) is 112 cm³/mol. The van der Waals surface area contributed by atoms with E-state index in [1.165, 1.54) is 17.7 Å². The van der Waals surface area contributed by atoms with E-state index in [1.54, 1.807) is 14.2 Å². The highest BCUT2D eigenvalue weighted by atomic mass is 32.1. The zero-order chi connectivity index (χ0) is 19.2. The number of ether oxygens (including phenoxy) is 2. The van der Waals surface area contributed by atoms with Gasteiger partial charge in [0.2, 0.25) is 0 Å². The monoisotopic (exact) mass is 388 g/mol. The van der Waals surface area contributed by atoms with Crippen LogP contribution in [0.3, 0.4) is 0 Å². The van der Waals surface area contributed by atoms with Crippen LogP contribution in [0.1, 0.15) is 23.8 Å². The second kappa shape index (κ2) is 9.10. The maximum Gasteiger partial charge on any atom is 0.193 e. The molecule has 2 atom stereocenters. The Morgan fingerprint density at radius 2 is 2.11 bits per heavy atom. The third-order valence-corrected chi connectivity index (χ3v) is 5.94. The molecule has 0 radical (unpaired) electrons. The molecule has 0 aliphatic carbocycles. The molecule has 2 aromatic rings. The summed E-state index contributed by atoms with van der Waals surface area (Å²) in [5, 5.41) is 5.29. The maximum atomic E-state index is 6.14. The molecule has 3 rings (SSSR count). The van der Waals surface area contributed by atoms with Gasteiger partial charge in [0, 0.05) is 29.2 Å². The van der Waals surface area contributed by atoms with Crippen molar-refractivity contribution in [2.75, 3.05) is 39.7 Å². The Bertz CT molecular complexity index is 763. The molecule has 2 unspecified atom stereocenters. The largest absolute Gasteiger partial charge is 0.493 e. The topological polar surface area (TPSA) is 72.1 Å². The molecular formula is C20H28N4O2S. The smallest absolute Gasteiger partial charge is 0.193 e. The van der Waals surface area contributed by atoms with Crippen molar-refractivity contribution in [3.05, 3.63) is 40.6 Å². The molecule has 2 heterocycles. The van der Waals surface area contributed by atoms with E-state index in [1.807, 2.05) is 29.5 Å². The Kier molecular flexibility index (Phi) is 6.58. The molecule has 0 amide bonds. The maximum absolute atomic E-state index is 6.14. The van der Waals surface area contributed by atoms with Gasteiger partial charge in [0.1, 0.15) is 0 Å². The van der Waals surface area contributed by atoms with E-state index in [0.29, 0.717) is 36.0 Å². The van der Waals surface area contributed by atoms with E-state index in [2.05, 4.69) is 39.8 Å². The lowest BCUT2D eigenvalue weighted by Gasteiger charge is -2.38. The van der Waals surface area contributed by atoms with Crippen LogP contribution in [-0.2, 0) is 0 Å². The number of hydrogen-bond donors (Lipinski definition) is 2. The molecule has 0 bridgehead atoms. The molecule has 6 nitrogen and oxygen atoms in total. The minimum Gasteiger partial charge on any atom is -0.493 e. The van der Waals surface area contributed by atoms with Gasteiger partial charge in [0.05, 0.1) is 14.2 Å². The first kappa shape index (κ1) is 19.5. The van der Waals surface area contributed by atoms with Gasteiger partial charge < -0.3 is 20.5 Å².